The molecule has 250 valence electrons. The number of benzene rings is 2. The molecule has 5 nitrogen and oxygen atoms in total. The van der Waals surface area contributed by atoms with Gasteiger partial charge in [0, 0.05) is 5.54 Å². The van der Waals surface area contributed by atoms with E-state index in [-0.39, 0.29) is 22.7 Å². The molecular weight excluding hydrogens is 692 g/mol. The molecule has 2 atom stereocenters. The number of hydrogen-bond donors (Lipinski definition) is 0. The molecule has 0 aromatic heterocycles. The maximum Gasteiger partial charge on any atom is 0.00390 e. The van der Waals surface area contributed by atoms with Crippen LogP contribution in [0.1, 0.15) is 111 Å². The fourth-order valence-electron chi connectivity index (χ4n) is 6.61. The molecule has 0 spiro atoms. The summed E-state index contributed by atoms with van der Waals surface area (Å²) in [5, 5.41) is 10.7. The van der Waals surface area contributed by atoms with E-state index in [1.54, 1.807) is 16.4 Å². The Balaban J connectivity index is 0.000000279. The van der Waals surface area contributed by atoms with Crippen molar-refractivity contribution in [3.05, 3.63) is 99.2 Å². The molecule has 45 heavy (non-hydrogen) atoms. The minimum atomic E-state index is -2.05. The Morgan fingerprint density at radius 1 is 1.11 bits per heavy atom. The molecule has 1 aliphatic heterocycles. The second-order valence-electron chi connectivity index (χ2n) is 13.7. The molecule has 1 aliphatic carbocycles. The van der Waals surface area contributed by atoms with Crippen LogP contribution in [-0.2, 0) is 19.9 Å². The summed E-state index contributed by atoms with van der Waals surface area (Å²) in [7, 11) is 11.6. The minimum absolute atomic E-state index is 0.00360. The molecule has 0 N–H and O–H groups in total. The molecule has 2 aromatic rings. The predicted octanol–water partition coefficient (Wildman–Crippen LogP) is 11.1. The fraction of sp³-hybridized carbons (Fsp3) is 0.514. The third-order valence-corrected chi connectivity index (χ3v) is 10.4. The first-order valence-electron chi connectivity index (χ1n) is 16.0. The third kappa shape index (κ3) is 10.2. The normalized spacial score (nSPS) is 21.1. The molecular formula is C37H51Cl2N2O3Ru-. The van der Waals surface area contributed by atoms with E-state index in [2.05, 4.69) is 96.3 Å². The van der Waals surface area contributed by atoms with Gasteiger partial charge in [0.05, 0.1) is 0 Å². The monoisotopic (exact) mass is 743 g/mol. The van der Waals surface area contributed by atoms with Crippen molar-refractivity contribution in [1.82, 2.24) is 4.90 Å². The molecule has 0 saturated carbocycles. The number of nitrogens with zero attached hydrogens (tertiary/aromatic N) is 2. The van der Waals surface area contributed by atoms with E-state index in [0.717, 1.165) is 12.8 Å². The van der Waals surface area contributed by atoms with E-state index in [0.29, 0.717) is 23.1 Å². The molecule has 0 amide bonds. The van der Waals surface area contributed by atoms with Crippen LogP contribution >= 0.6 is 19.4 Å². The van der Waals surface area contributed by atoms with Crippen LogP contribution < -0.4 is 4.74 Å². The Bertz CT molecular complexity index is 1410. The number of ether oxygens (including phenoxy) is 1. The van der Waals surface area contributed by atoms with Gasteiger partial charge in [-0.2, -0.15) is 0 Å². The molecule has 0 bridgehead atoms. The number of non-ortho nitro benzene ring substituents is 1. The molecule has 0 radical (unpaired) electrons. The van der Waals surface area contributed by atoms with Crippen LogP contribution in [0.3, 0.4) is 0 Å². The van der Waals surface area contributed by atoms with Gasteiger partial charge in [0.2, 0.25) is 0 Å². The van der Waals surface area contributed by atoms with Gasteiger partial charge < -0.3 is 4.90 Å². The zero-order chi connectivity index (χ0) is 33.5. The average molecular weight is 744 g/mol. The Labute approximate surface area is 284 Å². The van der Waals surface area contributed by atoms with Gasteiger partial charge in [-0.25, -0.2) is 6.54 Å². The molecule has 1 unspecified atom stereocenters. The van der Waals surface area contributed by atoms with Crippen molar-refractivity contribution >= 4 is 29.7 Å². The van der Waals surface area contributed by atoms with Gasteiger partial charge in [-0.05, 0) is 73.8 Å². The molecule has 1 fully saturated rings. The SMILES string of the molecule is CC(C)Oc1ccc([N+](=O)[O-])cc1[CH]=[Ru]([Cl])[Cl].CCC1=C(N2[CH-]C(C)(Cc3ccc(C(C)C)cc3)CC2(C)C)[C@H](CC)CC=C1. The van der Waals surface area contributed by atoms with Gasteiger partial charge in [0.15, 0.2) is 0 Å². The van der Waals surface area contributed by atoms with Crippen molar-refractivity contribution in [2.75, 3.05) is 0 Å². The summed E-state index contributed by atoms with van der Waals surface area (Å²) in [6.07, 6.45) is 10.6. The Hall–Kier alpha value is -2.01. The predicted molar refractivity (Wildman–Crippen MR) is 188 cm³/mol. The standard InChI is InChI=1S/C27H40N.C10H11NO3.2ClH.Ru/c1-8-22-11-10-12-23(9-2)25(22)28-19-27(7,18-26(28,5)6)17-21-13-15-24(16-14-21)20(3)4;1-7(2)14-10-5-4-9(11(12)13)6-8(10)3;;;/h10-11,13-16,19-20,23H,8-9,12,17-18H2,1-7H3;3-7H,1-2H3;2*1H;/q-1;;;;+2/p-2/t23-,27?;;;;/m1..../s1. The van der Waals surface area contributed by atoms with E-state index < -0.39 is 18.4 Å². The van der Waals surface area contributed by atoms with E-state index in [4.69, 9.17) is 24.1 Å². The Morgan fingerprint density at radius 3 is 2.31 bits per heavy atom. The first kappa shape index (κ1) is 37.5. The van der Waals surface area contributed by atoms with Crippen molar-refractivity contribution in [1.29, 1.82) is 0 Å². The smallest absolute Gasteiger partial charge is 0.00390 e. The molecule has 2 aromatic carbocycles. The number of nitro benzene ring substituents is 1. The van der Waals surface area contributed by atoms with Gasteiger partial charge >= 0.3 is 112 Å². The van der Waals surface area contributed by atoms with Crippen LogP contribution in [0.25, 0.3) is 0 Å². The first-order chi connectivity index (χ1) is 21.1. The fourth-order valence-corrected chi connectivity index (χ4v) is 8.40. The number of halogens is 2. The first-order valence-corrected chi connectivity index (χ1v) is 21.5. The van der Waals surface area contributed by atoms with E-state index in [9.17, 15) is 10.1 Å². The van der Waals surface area contributed by atoms with E-state index >= 15 is 0 Å². The zero-order valence-corrected chi connectivity index (χ0v) is 31.6. The summed E-state index contributed by atoms with van der Waals surface area (Å²) in [4.78, 5) is 12.9. The number of hydrogen-bond acceptors (Lipinski definition) is 4. The van der Waals surface area contributed by atoms with Crippen LogP contribution in [0, 0.1) is 28.0 Å². The van der Waals surface area contributed by atoms with Crippen LogP contribution in [0.4, 0.5) is 5.69 Å². The summed E-state index contributed by atoms with van der Waals surface area (Å²) in [6.45, 7) is 22.8. The van der Waals surface area contributed by atoms with Crippen molar-refractivity contribution in [2.24, 2.45) is 11.3 Å². The number of allylic oxidation sites excluding steroid dienone is 4. The van der Waals surface area contributed by atoms with Gasteiger partial charge in [-0.15, -0.1) is 5.41 Å². The summed E-state index contributed by atoms with van der Waals surface area (Å²) < 4.78 is 7.17. The van der Waals surface area contributed by atoms with Gasteiger partial charge in [0.25, 0.3) is 0 Å². The van der Waals surface area contributed by atoms with Gasteiger partial charge in [-0.3, -0.25) is 0 Å². The zero-order valence-electron chi connectivity index (χ0n) is 28.3. The van der Waals surface area contributed by atoms with E-state index in [1.807, 2.05) is 13.8 Å². The maximum atomic E-state index is 10.7. The summed E-state index contributed by atoms with van der Waals surface area (Å²) >= 11 is -2.05. The maximum absolute atomic E-state index is 10.7. The number of rotatable bonds is 10. The quantitative estimate of drug-likeness (QED) is 0.105. The molecule has 4 rings (SSSR count). The third-order valence-electron chi connectivity index (χ3n) is 8.53. The summed E-state index contributed by atoms with van der Waals surface area (Å²) in [6, 6.07) is 13.7. The largest absolute Gasteiger partial charge is 0.520 e. The van der Waals surface area contributed by atoms with Crippen molar-refractivity contribution in [2.45, 2.75) is 112 Å². The number of nitro groups is 1. The Kier molecular flexibility index (Phi) is 13.5. The van der Waals surface area contributed by atoms with E-state index in [1.165, 1.54) is 48.1 Å². The second-order valence-corrected chi connectivity index (χ2v) is 19.4. The number of likely N-dealkylation sites (tertiary alicyclic amines) is 1. The van der Waals surface area contributed by atoms with Crippen LogP contribution in [0.5, 0.6) is 5.75 Å². The molecule has 1 saturated heterocycles. The van der Waals surface area contributed by atoms with Crippen LogP contribution in [0.2, 0.25) is 0 Å². The van der Waals surface area contributed by atoms with Crippen LogP contribution in [-0.4, -0.2) is 26.1 Å². The van der Waals surface area contributed by atoms with Gasteiger partial charge in [0.1, 0.15) is 0 Å². The minimum Gasteiger partial charge on any atom is -0.520 e. The summed E-state index contributed by atoms with van der Waals surface area (Å²) in [5.41, 5.74) is 6.97. The second kappa shape index (κ2) is 16.2. The van der Waals surface area contributed by atoms with Crippen molar-refractivity contribution in [3.8, 4) is 5.75 Å². The van der Waals surface area contributed by atoms with Crippen molar-refractivity contribution < 1.29 is 23.2 Å². The molecule has 2 aliphatic rings. The Morgan fingerprint density at radius 2 is 1.78 bits per heavy atom. The van der Waals surface area contributed by atoms with Crippen molar-refractivity contribution in [3.63, 3.8) is 0 Å². The van der Waals surface area contributed by atoms with Gasteiger partial charge in [-0.1, -0.05) is 77.5 Å². The summed E-state index contributed by atoms with van der Waals surface area (Å²) in [5.74, 6) is 1.82. The average Bonchev–Trinajstić information content (AvgIpc) is 3.20. The molecule has 1 heterocycles. The topological polar surface area (TPSA) is 55.6 Å². The van der Waals surface area contributed by atoms with Crippen LogP contribution in [0.15, 0.2) is 65.9 Å². The molecule has 8 heteroatoms.